The van der Waals surface area contributed by atoms with E-state index in [-0.39, 0.29) is 28.7 Å². The van der Waals surface area contributed by atoms with Gasteiger partial charge in [0.2, 0.25) is 0 Å². The number of nitrogens with zero attached hydrogens (tertiary/aromatic N) is 5. The van der Waals surface area contributed by atoms with Crippen LogP contribution in [-0.4, -0.2) is 76.5 Å². The van der Waals surface area contributed by atoms with E-state index in [0.717, 1.165) is 6.07 Å². The summed E-state index contributed by atoms with van der Waals surface area (Å²) in [5, 5.41) is 7.31. The summed E-state index contributed by atoms with van der Waals surface area (Å²) in [6.45, 7) is 1.86. The van der Waals surface area contributed by atoms with Crippen molar-refractivity contribution in [1.29, 1.82) is 0 Å². The number of anilines is 1. The Morgan fingerprint density at radius 3 is 2.41 bits per heavy atom. The Labute approximate surface area is 221 Å². The number of nitrogens with two attached hydrogens (primary N) is 1. The highest BCUT2D eigenvalue weighted by Gasteiger charge is 2.34. The van der Waals surface area contributed by atoms with Crippen LogP contribution in [0.1, 0.15) is 15.9 Å². The number of benzene rings is 1. The second-order valence-electron chi connectivity index (χ2n) is 9.11. The van der Waals surface area contributed by atoms with Crippen molar-refractivity contribution in [2.24, 2.45) is 0 Å². The number of imidazole rings is 1. The van der Waals surface area contributed by atoms with Crippen LogP contribution in [0.15, 0.2) is 54.9 Å². The molecule has 4 aromatic rings. The number of pyridine rings is 1. The quantitative estimate of drug-likeness (QED) is 0.368. The number of rotatable bonds is 6. The zero-order valence-corrected chi connectivity index (χ0v) is 21.3. The predicted molar refractivity (Wildman–Crippen MR) is 138 cm³/mol. The fourth-order valence-corrected chi connectivity index (χ4v) is 5.54. The van der Waals surface area contributed by atoms with Crippen molar-refractivity contribution in [2.75, 3.05) is 43.4 Å². The molecular formula is C25H24F3N7O3S. The molecule has 0 aliphatic carbocycles. The smallest absolute Gasteiger partial charge is 0.383 e. The summed E-state index contributed by atoms with van der Waals surface area (Å²) >= 11 is 0. The molecule has 1 saturated heterocycles. The molecule has 204 valence electrons. The molecule has 3 aromatic heterocycles. The topological polar surface area (TPSA) is 136 Å². The molecule has 1 amide bonds. The van der Waals surface area contributed by atoms with Gasteiger partial charge in [0.15, 0.2) is 15.5 Å². The second-order valence-corrected chi connectivity index (χ2v) is 11.4. The highest BCUT2D eigenvalue weighted by Crippen LogP contribution is 2.35. The lowest BCUT2D eigenvalue weighted by Crippen LogP contribution is -2.43. The molecule has 1 aliphatic heterocycles. The van der Waals surface area contributed by atoms with Crippen molar-refractivity contribution in [3.8, 4) is 22.5 Å². The second kappa shape index (κ2) is 10.3. The van der Waals surface area contributed by atoms with Crippen LogP contribution in [0.3, 0.4) is 0 Å². The average Bonchev–Trinajstić information content (AvgIpc) is 3.32. The molecule has 0 radical (unpaired) electrons. The molecule has 0 spiro atoms. The lowest BCUT2D eigenvalue weighted by atomic mass is 10.1. The molecule has 10 nitrogen and oxygen atoms in total. The van der Waals surface area contributed by atoms with Crippen LogP contribution in [0.2, 0.25) is 0 Å². The number of alkyl halides is 3. The summed E-state index contributed by atoms with van der Waals surface area (Å²) in [6, 6.07) is 10.9. The zero-order chi connectivity index (χ0) is 27.8. The Kier molecular flexibility index (Phi) is 6.99. The molecule has 5 rings (SSSR count). The molecule has 0 bridgehead atoms. The molecule has 1 fully saturated rings. The maximum Gasteiger partial charge on any atom is 0.419 e. The molecule has 3 N–H and O–H groups in total. The van der Waals surface area contributed by atoms with Gasteiger partial charge in [-0.1, -0.05) is 12.1 Å². The number of amides is 1. The fraction of sp³-hybridized carbons (Fsp3) is 0.280. The third kappa shape index (κ3) is 5.86. The number of nitrogen functional groups attached to an aromatic ring is 1. The SMILES string of the molecule is Nc1ncc(-c2ccc3ncc(-c4ccc(C(=O)NCCN5CCS(=O)(=O)CC5)cc4)n3n2)cc1C(F)(F)F. The third-order valence-electron chi connectivity index (χ3n) is 6.48. The monoisotopic (exact) mass is 559 g/mol. The van der Waals surface area contributed by atoms with Gasteiger partial charge in [-0.25, -0.2) is 22.9 Å². The molecule has 0 atom stereocenters. The van der Waals surface area contributed by atoms with Crippen molar-refractivity contribution in [3.05, 3.63) is 66.0 Å². The molecule has 14 heteroatoms. The molecule has 39 heavy (non-hydrogen) atoms. The average molecular weight is 560 g/mol. The van der Waals surface area contributed by atoms with Gasteiger partial charge in [-0.2, -0.15) is 18.3 Å². The molecule has 0 unspecified atom stereocenters. The van der Waals surface area contributed by atoms with Gasteiger partial charge >= 0.3 is 6.18 Å². The first-order valence-corrected chi connectivity index (χ1v) is 13.8. The summed E-state index contributed by atoms with van der Waals surface area (Å²) < 4.78 is 64.5. The molecule has 1 aromatic carbocycles. The number of nitrogens with one attached hydrogen (secondary N) is 1. The van der Waals surface area contributed by atoms with E-state index in [9.17, 15) is 26.4 Å². The molecule has 1 aliphatic rings. The van der Waals surface area contributed by atoms with Gasteiger partial charge in [-0.15, -0.1) is 0 Å². The number of halogens is 3. The Balaban J connectivity index is 1.30. The Hall–Kier alpha value is -4.04. The number of carbonyl (C=O) groups is 1. The van der Waals surface area contributed by atoms with Crippen molar-refractivity contribution in [2.45, 2.75) is 6.18 Å². The first-order valence-electron chi connectivity index (χ1n) is 12.0. The van der Waals surface area contributed by atoms with E-state index in [1.54, 1.807) is 42.6 Å². The van der Waals surface area contributed by atoms with Crippen molar-refractivity contribution < 1.29 is 26.4 Å². The van der Waals surface area contributed by atoms with E-state index in [4.69, 9.17) is 5.73 Å². The highest BCUT2D eigenvalue weighted by atomic mass is 32.2. The van der Waals surface area contributed by atoms with Crippen LogP contribution < -0.4 is 11.1 Å². The van der Waals surface area contributed by atoms with Crippen molar-refractivity contribution in [1.82, 2.24) is 29.8 Å². The number of carbonyl (C=O) groups excluding carboxylic acids is 1. The Morgan fingerprint density at radius 1 is 1.00 bits per heavy atom. The lowest BCUT2D eigenvalue weighted by Gasteiger charge is -2.26. The standard InChI is InChI=1S/C25H24F3N7O3S/c26-25(27,28)19-13-18(14-32-23(19)29)20-5-6-22-31-15-21(35(22)33-20)16-1-3-17(4-2-16)24(36)30-7-8-34-9-11-39(37,38)12-10-34/h1-6,13-15H,7-12H2,(H2,29,32)(H,30,36). The fourth-order valence-electron chi connectivity index (χ4n) is 4.26. The predicted octanol–water partition coefficient (Wildman–Crippen LogP) is 2.52. The molecular weight excluding hydrogens is 535 g/mol. The van der Waals surface area contributed by atoms with Gasteiger partial charge < -0.3 is 11.1 Å². The van der Waals surface area contributed by atoms with Crippen LogP contribution in [0.25, 0.3) is 28.2 Å². The number of fused-ring (bicyclic) bond motifs is 1. The Bertz CT molecular complexity index is 1620. The number of hydrogen-bond acceptors (Lipinski definition) is 8. The first kappa shape index (κ1) is 26.6. The maximum absolute atomic E-state index is 13.3. The maximum atomic E-state index is 13.3. The van der Waals surface area contributed by atoms with Crippen molar-refractivity contribution in [3.63, 3.8) is 0 Å². The number of aromatic nitrogens is 4. The summed E-state index contributed by atoms with van der Waals surface area (Å²) in [5.41, 5.74) is 6.99. The highest BCUT2D eigenvalue weighted by molar-refractivity contribution is 7.91. The zero-order valence-electron chi connectivity index (χ0n) is 20.5. The van der Waals surface area contributed by atoms with Crippen LogP contribution in [0.5, 0.6) is 0 Å². The lowest BCUT2D eigenvalue weighted by molar-refractivity contribution is -0.137. The summed E-state index contributed by atoms with van der Waals surface area (Å²) in [4.78, 5) is 22.6. The number of hydrogen-bond donors (Lipinski definition) is 2. The van der Waals surface area contributed by atoms with E-state index in [1.165, 1.54) is 10.7 Å². The third-order valence-corrected chi connectivity index (χ3v) is 8.08. The van der Waals surface area contributed by atoms with Gasteiger partial charge in [-0.3, -0.25) is 9.69 Å². The number of sulfone groups is 1. The summed E-state index contributed by atoms with van der Waals surface area (Å²) in [5.74, 6) is -0.608. The van der Waals surface area contributed by atoms with E-state index < -0.39 is 27.4 Å². The normalized spacial score (nSPS) is 15.9. The van der Waals surface area contributed by atoms with Crippen LogP contribution >= 0.6 is 0 Å². The van der Waals surface area contributed by atoms with Crippen LogP contribution in [0, 0.1) is 0 Å². The van der Waals surface area contributed by atoms with E-state index in [0.29, 0.717) is 48.6 Å². The first-order chi connectivity index (χ1) is 18.5. The van der Waals surface area contributed by atoms with E-state index in [1.807, 2.05) is 4.90 Å². The summed E-state index contributed by atoms with van der Waals surface area (Å²) in [7, 11) is -2.95. The minimum atomic E-state index is -4.65. The van der Waals surface area contributed by atoms with Gasteiger partial charge in [0, 0.05) is 49.1 Å². The Morgan fingerprint density at radius 2 is 1.72 bits per heavy atom. The van der Waals surface area contributed by atoms with Gasteiger partial charge in [-0.05, 0) is 30.3 Å². The van der Waals surface area contributed by atoms with Gasteiger partial charge in [0.05, 0.1) is 34.7 Å². The minimum Gasteiger partial charge on any atom is -0.383 e. The van der Waals surface area contributed by atoms with Gasteiger partial charge in [0.25, 0.3) is 5.91 Å². The van der Waals surface area contributed by atoms with Crippen LogP contribution in [-0.2, 0) is 16.0 Å². The van der Waals surface area contributed by atoms with Crippen molar-refractivity contribution >= 4 is 27.2 Å². The molecule has 0 saturated carbocycles. The van der Waals surface area contributed by atoms with E-state index in [2.05, 4.69) is 20.4 Å². The molecule has 4 heterocycles. The minimum absolute atomic E-state index is 0.132. The van der Waals surface area contributed by atoms with Crippen LogP contribution in [0.4, 0.5) is 19.0 Å². The van der Waals surface area contributed by atoms with E-state index >= 15 is 0 Å². The summed E-state index contributed by atoms with van der Waals surface area (Å²) in [6.07, 6.45) is -1.83. The largest absolute Gasteiger partial charge is 0.419 e. The van der Waals surface area contributed by atoms with Gasteiger partial charge in [0.1, 0.15) is 5.82 Å².